The number of rotatable bonds is 2. The van der Waals surface area contributed by atoms with Crippen molar-refractivity contribution in [3.8, 4) is 5.88 Å². The highest BCUT2D eigenvalue weighted by Crippen LogP contribution is 2.35. The minimum atomic E-state index is -0.495. The van der Waals surface area contributed by atoms with Gasteiger partial charge >= 0.3 is 0 Å². The Bertz CT molecular complexity index is 423. The summed E-state index contributed by atoms with van der Waals surface area (Å²) in [7, 11) is 0. The second-order valence-electron chi connectivity index (χ2n) is 4.59. The number of amides is 1. The molecule has 0 aromatic carbocycles. The van der Waals surface area contributed by atoms with Crippen LogP contribution in [0.5, 0.6) is 5.88 Å². The number of nitrogens with two attached hydrogens (primary N) is 1. The number of carbonyl (C=O) groups excluding carboxylic acids is 1. The van der Waals surface area contributed by atoms with E-state index in [0.29, 0.717) is 23.6 Å². The van der Waals surface area contributed by atoms with Crippen molar-refractivity contribution in [1.29, 1.82) is 0 Å². The summed E-state index contributed by atoms with van der Waals surface area (Å²) >= 11 is 0. The number of primary amides is 1. The molecule has 2 N–H and O–H groups in total. The minimum Gasteiger partial charge on any atom is -0.474 e. The molecule has 3 rings (SSSR count). The SMILES string of the molecule is NC(=O)c1cc2n(n1)CCC(C1CCC1)O2. The minimum absolute atomic E-state index is 0.296. The first-order chi connectivity index (χ1) is 7.74. The third kappa shape index (κ3) is 1.47. The molecule has 2 aliphatic rings. The predicted molar refractivity (Wildman–Crippen MR) is 57.1 cm³/mol. The van der Waals surface area contributed by atoms with Gasteiger partial charge in [0.1, 0.15) is 6.10 Å². The van der Waals surface area contributed by atoms with Crippen molar-refractivity contribution in [2.45, 2.75) is 38.3 Å². The topological polar surface area (TPSA) is 70.1 Å². The van der Waals surface area contributed by atoms with E-state index < -0.39 is 5.91 Å². The fraction of sp³-hybridized carbons (Fsp3) is 0.636. The summed E-state index contributed by atoms with van der Waals surface area (Å²) in [4.78, 5) is 11.0. The van der Waals surface area contributed by atoms with E-state index in [2.05, 4.69) is 5.10 Å². The molecule has 1 unspecified atom stereocenters. The molecule has 0 saturated heterocycles. The van der Waals surface area contributed by atoms with Crippen LogP contribution in [0.25, 0.3) is 0 Å². The number of nitrogens with zero attached hydrogens (tertiary/aromatic N) is 2. The van der Waals surface area contributed by atoms with Crippen molar-refractivity contribution in [2.24, 2.45) is 11.7 Å². The van der Waals surface area contributed by atoms with Gasteiger partial charge in [0.2, 0.25) is 5.88 Å². The average Bonchev–Trinajstić information content (AvgIpc) is 2.57. The van der Waals surface area contributed by atoms with Gasteiger partial charge in [-0.05, 0) is 18.8 Å². The number of carbonyl (C=O) groups is 1. The van der Waals surface area contributed by atoms with Crippen molar-refractivity contribution in [3.63, 3.8) is 0 Å². The molecular weight excluding hydrogens is 206 g/mol. The van der Waals surface area contributed by atoms with Crippen LogP contribution in [0.15, 0.2) is 6.07 Å². The average molecular weight is 221 g/mol. The maximum atomic E-state index is 11.0. The van der Waals surface area contributed by atoms with Crippen LogP contribution in [0.3, 0.4) is 0 Å². The molecule has 1 aliphatic carbocycles. The maximum absolute atomic E-state index is 11.0. The van der Waals surface area contributed by atoms with Gasteiger partial charge in [-0.25, -0.2) is 4.68 Å². The van der Waals surface area contributed by atoms with Crippen LogP contribution in [0, 0.1) is 5.92 Å². The van der Waals surface area contributed by atoms with Crippen LogP contribution in [0.1, 0.15) is 36.2 Å². The molecule has 5 nitrogen and oxygen atoms in total. The third-order valence-corrected chi connectivity index (χ3v) is 3.57. The van der Waals surface area contributed by atoms with E-state index in [1.54, 1.807) is 10.7 Å². The van der Waals surface area contributed by atoms with Gasteiger partial charge in [0.25, 0.3) is 5.91 Å². The van der Waals surface area contributed by atoms with Gasteiger partial charge in [-0.15, -0.1) is 0 Å². The van der Waals surface area contributed by atoms with E-state index in [1.807, 2.05) is 0 Å². The molecule has 0 radical (unpaired) electrons. The zero-order valence-electron chi connectivity index (χ0n) is 9.06. The Morgan fingerprint density at radius 2 is 2.31 bits per heavy atom. The van der Waals surface area contributed by atoms with Crippen molar-refractivity contribution in [2.75, 3.05) is 0 Å². The Hall–Kier alpha value is -1.52. The molecule has 5 heteroatoms. The summed E-state index contributed by atoms with van der Waals surface area (Å²) < 4.78 is 7.59. The zero-order chi connectivity index (χ0) is 11.1. The lowest BCUT2D eigenvalue weighted by Gasteiger charge is -2.36. The number of aromatic nitrogens is 2. The summed E-state index contributed by atoms with van der Waals surface area (Å²) in [5.41, 5.74) is 5.48. The van der Waals surface area contributed by atoms with E-state index in [1.165, 1.54) is 19.3 Å². The van der Waals surface area contributed by atoms with Crippen LogP contribution in [0.2, 0.25) is 0 Å². The lowest BCUT2D eigenvalue weighted by molar-refractivity contribution is 0.0437. The number of fused-ring (bicyclic) bond motifs is 1. The van der Waals surface area contributed by atoms with Crippen LogP contribution >= 0.6 is 0 Å². The summed E-state index contributed by atoms with van der Waals surface area (Å²) in [5.74, 6) is 0.892. The lowest BCUT2D eigenvalue weighted by atomic mass is 9.80. The fourth-order valence-corrected chi connectivity index (χ4v) is 2.38. The van der Waals surface area contributed by atoms with E-state index in [0.717, 1.165) is 13.0 Å². The largest absolute Gasteiger partial charge is 0.474 e. The second-order valence-corrected chi connectivity index (χ2v) is 4.59. The fourth-order valence-electron chi connectivity index (χ4n) is 2.38. The number of hydrogen-bond acceptors (Lipinski definition) is 3. The predicted octanol–water partition coefficient (Wildman–Crippen LogP) is 0.933. The molecule has 0 bridgehead atoms. The molecule has 1 aliphatic heterocycles. The van der Waals surface area contributed by atoms with Crippen LogP contribution in [-0.2, 0) is 6.54 Å². The quantitative estimate of drug-likeness (QED) is 0.807. The normalized spacial score (nSPS) is 24.4. The highest BCUT2D eigenvalue weighted by molar-refractivity contribution is 5.91. The lowest BCUT2D eigenvalue weighted by Crippen LogP contribution is -2.36. The van der Waals surface area contributed by atoms with E-state index in [4.69, 9.17) is 10.5 Å². The summed E-state index contributed by atoms with van der Waals surface area (Å²) in [6, 6.07) is 1.65. The van der Waals surface area contributed by atoms with Gasteiger partial charge in [0, 0.05) is 19.0 Å². The van der Waals surface area contributed by atoms with Gasteiger partial charge in [-0.2, -0.15) is 5.10 Å². The Morgan fingerprint density at radius 1 is 1.50 bits per heavy atom. The summed E-state index contributed by atoms with van der Waals surface area (Å²) in [5, 5.41) is 4.11. The van der Waals surface area contributed by atoms with E-state index in [-0.39, 0.29) is 0 Å². The molecule has 1 aromatic rings. The van der Waals surface area contributed by atoms with Crippen LogP contribution in [-0.4, -0.2) is 21.8 Å². The highest BCUT2D eigenvalue weighted by Gasteiger charge is 2.32. The number of aryl methyl sites for hydroxylation is 1. The van der Waals surface area contributed by atoms with Gasteiger partial charge in [0.15, 0.2) is 5.69 Å². The second kappa shape index (κ2) is 3.50. The highest BCUT2D eigenvalue weighted by atomic mass is 16.5. The standard InChI is InChI=1S/C11H15N3O2/c12-11(15)8-6-10-14(13-8)5-4-9(16-10)7-2-1-3-7/h6-7,9H,1-5H2,(H2,12,15). The first kappa shape index (κ1) is 9.69. The molecule has 1 aromatic heterocycles. The van der Waals surface area contributed by atoms with Crippen molar-refractivity contribution in [1.82, 2.24) is 9.78 Å². The first-order valence-electron chi connectivity index (χ1n) is 5.78. The molecular formula is C11H15N3O2. The van der Waals surface area contributed by atoms with Gasteiger partial charge < -0.3 is 10.5 Å². The van der Waals surface area contributed by atoms with E-state index >= 15 is 0 Å². The monoisotopic (exact) mass is 221 g/mol. The smallest absolute Gasteiger partial charge is 0.269 e. The van der Waals surface area contributed by atoms with Crippen LogP contribution < -0.4 is 10.5 Å². The summed E-state index contributed by atoms with van der Waals surface area (Å²) in [6.07, 6.45) is 5.13. The summed E-state index contributed by atoms with van der Waals surface area (Å²) in [6.45, 7) is 0.823. The molecule has 16 heavy (non-hydrogen) atoms. The maximum Gasteiger partial charge on any atom is 0.269 e. The molecule has 2 heterocycles. The van der Waals surface area contributed by atoms with Crippen LogP contribution in [0.4, 0.5) is 0 Å². The van der Waals surface area contributed by atoms with E-state index in [9.17, 15) is 4.79 Å². The third-order valence-electron chi connectivity index (χ3n) is 3.57. The molecule has 1 fully saturated rings. The number of ether oxygens (including phenoxy) is 1. The zero-order valence-corrected chi connectivity index (χ0v) is 9.06. The van der Waals surface area contributed by atoms with Gasteiger partial charge in [-0.1, -0.05) is 6.42 Å². The molecule has 1 atom stereocenters. The molecule has 86 valence electrons. The Morgan fingerprint density at radius 3 is 2.94 bits per heavy atom. The van der Waals surface area contributed by atoms with Gasteiger partial charge in [-0.3, -0.25) is 4.79 Å². The first-order valence-corrected chi connectivity index (χ1v) is 5.78. The molecule has 1 saturated carbocycles. The Labute approximate surface area is 93.6 Å². The van der Waals surface area contributed by atoms with Crippen molar-refractivity contribution >= 4 is 5.91 Å². The number of hydrogen-bond donors (Lipinski definition) is 1. The molecule has 1 amide bonds. The van der Waals surface area contributed by atoms with Crippen molar-refractivity contribution in [3.05, 3.63) is 11.8 Å². The Balaban J connectivity index is 1.79. The van der Waals surface area contributed by atoms with Gasteiger partial charge in [0.05, 0.1) is 0 Å². The van der Waals surface area contributed by atoms with Crippen molar-refractivity contribution < 1.29 is 9.53 Å². The molecule has 0 spiro atoms. The Kier molecular flexibility index (Phi) is 2.12.